The molecule has 4 nitrogen and oxygen atoms in total. The van der Waals surface area contributed by atoms with Crippen molar-refractivity contribution in [3.8, 4) is 0 Å². The average Bonchev–Trinajstić information content (AvgIpc) is 2.91. The predicted octanol–water partition coefficient (Wildman–Crippen LogP) is 4.61. The SMILES string of the molecule is CCC[C@@H](CC)CNc1ncnc2c1oc1ccccc12. The predicted molar refractivity (Wildman–Crippen MR) is 86.5 cm³/mol. The second kappa shape index (κ2) is 6.12. The van der Waals surface area contributed by atoms with E-state index in [2.05, 4.69) is 29.1 Å². The summed E-state index contributed by atoms with van der Waals surface area (Å²) in [6.07, 6.45) is 5.23. The molecule has 110 valence electrons. The standard InChI is InChI=1S/C17H21N3O/c1-3-7-12(4-2)10-18-17-16-15(19-11-20-17)13-8-5-6-9-14(13)21-16/h5-6,8-9,11-12H,3-4,7,10H2,1-2H3,(H,18,19,20)/t12-/m1/s1. The van der Waals surface area contributed by atoms with Crippen molar-refractivity contribution in [1.29, 1.82) is 0 Å². The van der Waals surface area contributed by atoms with E-state index in [1.165, 1.54) is 19.3 Å². The zero-order valence-electron chi connectivity index (χ0n) is 12.6. The molecular formula is C17H21N3O. The number of hydrogen-bond acceptors (Lipinski definition) is 4. The van der Waals surface area contributed by atoms with Crippen molar-refractivity contribution in [2.45, 2.75) is 33.1 Å². The monoisotopic (exact) mass is 283 g/mol. The highest BCUT2D eigenvalue weighted by atomic mass is 16.3. The number of nitrogens with zero attached hydrogens (tertiary/aromatic N) is 2. The lowest BCUT2D eigenvalue weighted by Crippen LogP contribution is -2.14. The fourth-order valence-electron chi connectivity index (χ4n) is 2.75. The molecule has 0 saturated carbocycles. The molecule has 1 N–H and O–H groups in total. The minimum Gasteiger partial charge on any atom is -0.450 e. The van der Waals surface area contributed by atoms with E-state index < -0.39 is 0 Å². The third kappa shape index (κ3) is 2.71. The number of furan rings is 1. The Hall–Kier alpha value is -2.10. The summed E-state index contributed by atoms with van der Waals surface area (Å²) in [7, 11) is 0. The van der Waals surface area contributed by atoms with Gasteiger partial charge in [0.25, 0.3) is 0 Å². The summed E-state index contributed by atoms with van der Waals surface area (Å²) in [5.41, 5.74) is 2.49. The second-order valence-corrected chi connectivity index (χ2v) is 5.44. The first-order chi connectivity index (χ1) is 10.3. The number of nitrogens with one attached hydrogen (secondary N) is 1. The van der Waals surface area contributed by atoms with Crippen molar-refractivity contribution in [2.75, 3.05) is 11.9 Å². The molecule has 0 aliphatic carbocycles. The van der Waals surface area contributed by atoms with E-state index in [0.29, 0.717) is 5.92 Å². The molecular weight excluding hydrogens is 262 g/mol. The van der Waals surface area contributed by atoms with E-state index in [0.717, 1.165) is 34.4 Å². The van der Waals surface area contributed by atoms with Crippen molar-refractivity contribution in [3.63, 3.8) is 0 Å². The topological polar surface area (TPSA) is 51.0 Å². The van der Waals surface area contributed by atoms with Crippen LogP contribution in [0.5, 0.6) is 0 Å². The first-order valence-corrected chi connectivity index (χ1v) is 7.69. The van der Waals surface area contributed by atoms with Crippen molar-refractivity contribution in [1.82, 2.24) is 9.97 Å². The van der Waals surface area contributed by atoms with Crippen LogP contribution in [0.4, 0.5) is 5.82 Å². The van der Waals surface area contributed by atoms with Gasteiger partial charge in [-0.3, -0.25) is 0 Å². The molecule has 1 aromatic carbocycles. The Morgan fingerprint density at radius 3 is 2.86 bits per heavy atom. The number of para-hydroxylation sites is 1. The molecule has 4 heteroatoms. The van der Waals surface area contributed by atoms with Crippen LogP contribution in [-0.2, 0) is 0 Å². The van der Waals surface area contributed by atoms with Gasteiger partial charge in [-0.25, -0.2) is 9.97 Å². The van der Waals surface area contributed by atoms with Crippen molar-refractivity contribution < 1.29 is 4.42 Å². The minimum atomic E-state index is 0.671. The Kier molecular flexibility index (Phi) is 4.04. The average molecular weight is 283 g/mol. The lowest BCUT2D eigenvalue weighted by atomic mass is 10.0. The third-order valence-corrected chi connectivity index (χ3v) is 3.99. The molecule has 3 aromatic rings. The van der Waals surface area contributed by atoms with Gasteiger partial charge in [0, 0.05) is 11.9 Å². The summed E-state index contributed by atoms with van der Waals surface area (Å²) in [5, 5.41) is 4.48. The maximum atomic E-state index is 5.92. The Bertz CT molecular complexity index is 735. The molecule has 0 fully saturated rings. The van der Waals surface area contributed by atoms with E-state index in [-0.39, 0.29) is 0 Å². The minimum absolute atomic E-state index is 0.671. The maximum Gasteiger partial charge on any atom is 0.196 e. The van der Waals surface area contributed by atoms with Crippen molar-refractivity contribution in [3.05, 3.63) is 30.6 Å². The molecule has 3 rings (SSSR count). The van der Waals surface area contributed by atoms with Crippen LogP contribution in [0.2, 0.25) is 0 Å². The van der Waals surface area contributed by atoms with Gasteiger partial charge in [-0.2, -0.15) is 0 Å². The van der Waals surface area contributed by atoms with Crippen LogP contribution in [0.15, 0.2) is 35.0 Å². The zero-order valence-corrected chi connectivity index (χ0v) is 12.6. The lowest BCUT2D eigenvalue weighted by Gasteiger charge is -2.14. The van der Waals surface area contributed by atoms with Crippen LogP contribution in [0, 0.1) is 5.92 Å². The number of aromatic nitrogens is 2. The van der Waals surface area contributed by atoms with E-state index in [9.17, 15) is 0 Å². The largest absolute Gasteiger partial charge is 0.450 e. The molecule has 2 aromatic heterocycles. The fraction of sp³-hybridized carbons (Fsp3) is 0.412. The van der Waals surface area contributed by atoms with Gasteiger partial charge >= 0.3 is 0 Å². The Labute approximate surface area is 124 Å². The van der Waals surface area contributed by atoms with E-state index in [1.54, 1.807) is 6.33 Å². The lowest BCUT2D eigenvalue weighted by molar-refractivity contribution is 0.487. The van der Waals surface area contributed by atoms with Crippen LogP contribution in [-0.4, -0.2) is 16.5 Å². The van der Waals surface area contributed by atoms with E-state index >= 15 is 0 Å². The summed E-state index contributed by atoms with van der Waals surface area (Å²) >= 11 is 0. The van der Waals surface area contributed by atoms with E-state index in [4.69, 9.17) is 4.42 Å². The van der Waals surface area contributed by atoms with Crippen molar-refractivity contribution >= 4 is 27.9 Å². The summed E-state index contributed by atoms with van der Waals surface area (Å²) in [4.78, 5) is 8.72. The Balaban J connectivity index is 1.92. The second-order valence-electron chi connectivity index (χ2n) is 5.44. The Morgan fingerprint density at radius 1 is 1.19 bits per heavy atom. The van der Waals surface area contributed by atoms with Crippen LogP contribution in [0.1, 0.15) is 33.1 Å². The smallest absolute Gasteiger partial charge is 0.196 e. The zero-order chi connectivity index (χ0) is 14.7. The number of rotatable bonds is 6. The van der Waals surface area contributed by atoms with Gasteiger partial charge in [-0.1, -0.05) is 38.8 Å². The van der Waals surface area contributed by atoms with Gasteiger partial charge in [-0.15, -0.1) is 0 Å². The van der Waals surface area contributed by atoms with Gasteiger partial charge in [0.1, 0.15) is 17.4 Å². The van der Waals surface area contributed by atoms with Crippen LogP contribution in [0.25, 0.3) is 22.1 Å². The summed E-state index contributed by atoms with van der Waals surface area (Å²) in [6, 6.07) is 7.97. The highest BCUT2D eigenvalue weighted by Crippen LogP contribution is 2.30. The molecule has 2 heterocycles. The first kappa shape index (κ1) is 13.9. The van der Waals surface area contributed by atoms with Crippen LogP contribution < -0.4 is 5.32 Å². The van der Waals surface area contributed by atoms with Gasteiger partial charge in [0.2, 0.25) is 0 Å². The van der Waals surface area contributed by atoms with Gasteiger partial charge < -0.3 is 9.73 Å². The maximum absolute atomic E-state index is 5.92. The first-order valence-electron chi connectivity index (χ1n) is 7.69. The highest BCUT2D eigenvalue weighted by Gasteiger charge is 2.13. The molecule has 21 heavy (non-hydrogen) atoms. The molecule has 0 bridgehead atoms. The summed E-state index contributed by atoms with van der Waals surface area (Å²) in [6.45, 7) is 5.39. The molecule has 0 saturated heterocycles. The quantitative estimate of drug-likeness (QED) is 0.717. The number of benzene rings is 1. The number of anilines is 1. The molecule has 0 aliphatic heterocycles. The highest BCUT2D eigenvalue weighted by molar-refractivity contribution is 6.05. The Morgan fingerprint density at radius 2 is 2.05 bits per heavy atom. The van der Waals surface area contributed by atoms with Crippen LogP contribution >= 0.6 is 0 Å². The molecule has 0 unspecified atom stereocenters. The van der Waals surface area contributed by atoms with Gasteiger partial charge in [0.15, 0.2) is 11.4 Å². The fourth-order valence-corrected chi connectivity index (χ4v) is 2.75. The molecule has 0 amide bonds. The van der Waals surface area contributed by atoms with Gasteiger partial charge in [0.05, 0.1) is 0 Å². The summed E-state index contributed by atoms with van der Waals surface area (Å²) < 4.78 is 5.92. The van der Waals surface area contributed by atoms with Crippen LogP contribution in [0.3, 0.4) is 0 Å². The van der Waals surface area contributed by atoms with E-state index in [1.807, 2.05) is 24.3 Å². The van der Waals surface area contributed by atoms with Gasteiger partial charge in [-0.05, 0) is 24.5 Å². The number of hydrogen-bond donors (Lipinski definition) is 1. The number of fused-ring (bicyclic) bond motifs is 3. The molecule has 0 radical (unpaired) electrons. The normalized spacial score (nSPS) is 12.9. The molecule has 1 atom stereocenters. The third-order valence-electron chi connectivity index (χ3n) is 3.99. The molecule has 0 spiro atoms. The molecule has 0 aliphatic rings. The van der Waals surface area contributed by atoms with Crippen molar-refractivity contribution in [2.24, 2.45) is 5.92 Å². The summed E-state index contributed by atoms with van der Waals surface area (Å²) in [5.74, 6) is 1.47.